The Kier molecular flexibility index (Phi) is 36.6. The van der Waals surface area contributed by atoms with Crippen molar-refractivity contribution >= 4 is 0 Å². The van der Waals surface area contributed by atoms with Crippen LogP contribution in [0.1, 0.15) is 0 Å². The van der Waals surface area contributed by atoms with Crippen LogP contribution in [0.3, 0.4) is 0 Å². The van der Waals surface area contributed by atoms with Crippen LogP contribution in [0.5, 0.6) is 0 Å². The van der Waals surface area contributed by atoms with Crippen LogP contribution in [0.2, 0.25) is 0 Å². The first-order valence-corrected chi connectivity index (χ1v) is 4.96. The van der Waals surface area contributed by atoms with Crippen LogP contribution in [0.4, 0.5) is 0 Å². The summed E-state index contributed by atoms with van der Waals surface area (Å²) in [5, 5.41) is 0. The topological polar surface area (TPSA) is 203 Å². The molecule has 10 heavy (non-hydrogen) atoms. The van der Waals surface area contributed by atoms with E-state index in [9.17, 15) is 0 Å². The van der Waals surface area contributed by atoms with E-state index in [-0.39, 0.29) is 12.3 Å². The monoisotopic (exact) mass is 290 g/mol. The second kappa shape index (κ2) is 16.3. The number of halogens is 2. The van der Waals surface area contributed by atoms with E-state index in [0.717, 1.165) is 0 Å². The molecule has 0 spiro atoms. The third kappa shape index (κ3) is 1230. The van der Waals surface area contributed by atoms with Crippen molar-refractivity contribution in [1.82, 2.24) is 12.3 Å². The first-order valence-electron chi connectivity index (χ1n) is 0.955. The van der Waals surface area contributed by atoms with Crippen LogP contribution in [0, 0.1) is 29.6 Å². The average molecular weight is 292 g/mol. The Bertz CT molecular complexity index is 29.2. The van der Waals surface area contributed by atoms with Crippen molar-refractivity contribution in [1.29, 1.82) is 0 Å². The smallest absolute Gasteiger partial charge is 0.372 e. The Labute approximate surface area is 67.5 Å². The number of hydrogen-bond donors (Lipinski definition) is 4. The second-order valence-electron chi connectivity index (χ2n) is 0.402. The summed E-state index contributed by atoms with van der Waals surface area (Å²) in [6, 6.07) is 0. The molecule has 0 fully saturated rings. The highest BCUT2D eigenvalue weighted by molar-refractivity contribution is 2.14. The third-order valence-electron chi connectivity index (χ3n) is 0. The highest BCUT2D eigenvalue weighted by atomic mass is 80.0. The molecular formula is H8Br2N2O6. The zero-order valence-corrected chi connectivity index (χ0v) is 7.87. The summed E-state index contributed by atoms with van der Waals surface area (Å²) in [5.41, 5.74) is 0. The maximum absolute atomic E-state index is 8.63. The van der Waals surface area contributed by atoms with Gasteiger partial charge in [0, 0.05) is 0 Å². The summed E-state index contributed by atoms with van der Waals surface area (Å²) in [6.45, 7) is 0. The van der Waals surface area contributed by atoms with Crippen molar-refractivity contribution in [3.05, 3.63) is 0 Å². The van der Waals surface area contributed by atoms with Gasteiger partial charge in [0.25, 0.3) is 0 Å². The van der Waals surface area contributed by atoms with Crippen molar-refractivity contribution in [2.45, 2.75) is 0 Å². The van der Waals surface area contributed by atoms with E-state index in [0.29, 0.717) is 0 Å². The Morgan fingerprint density at radius 1 is 0.700 bits per heavy atom. The summed E-state index contributed by atoms with van der Waals surface area (Å²) < 4.78 is 48.6. The van der Waals surface area contributed by atoms with Gasteiger partial charge >= 0.3 is 29.6 Å². The molecule has 0 heterocycles. The summed E-state index contributed by atoms with van der Waals surface area (Å²) in [4.78, 5) is 0. The molecule has 0 radical (unpaired) electrons. The second-order valence-corrected chi connectivity index (χ2v) is 2.09. The molecule has 0 aliphatic heterocycles. The molecule has 0 aliphatic rings. The molecule has 0 amide bonds. The van der Waals surface area contributed by atoms with E-state index in [1.165, 1.54) is 0 Å². The van der Waals surface area contributed by atoms with Gasteiger partial charge in [-0.05, 0) is 8.40 Å². The molecule has 0 aromatic carbocycles. The summed E-state index contributed by atoms with van der Waals surface area (Å²) in [5.74, 6) is 0. The molecule has 0 aliphatic carbocycles. The van der Waals surface area contributed by atoms with E-state index in [1.54, 1.807) is 0 Å². The fraction of sp³-hybridized carbons (Fsp3) is 0. The zero-order chi connectivity index (χ0) is 7.15. The highest BCUT2D eigenvalue weighted by Crippen LogP contribution is 1.38. The van der Waals surface area contributed by atoms with Gasteiger partial charge in [-0.25, -0.2) is 0 Å². The molecule has 8 N–H and O–H groups in total. The molecule has 0 unspecified atom stereocenters. The quantitative estimate of drug-likeness (QED) is 0.338. The highest BCUT2D eigenvalue weighted by Gasteiger charge is 1.86. The Morgan fingerprint density at radius 2 is 0.700 bits per heavy atom. The van der Waals surface area contributed by atoms with Crippen LogP contribution in [-0.4, -0.2) is 8.40 Å². The minimum absolute atomic E-state index is 0. The van der Waals surface area contributed by atoms with Crippen molar-refractivity contribution in [3.63, 3.8) is 0 Å². The largest absolute Gasteiger partial charge is 0.433 e. The molecule has 0 aromatic rings. The molecule has 0 bridgehead atoms. The van der Waals surface area contributed by atoms with E-state index >= 15 is 0 Å². The lowest BCUT2D eigenvalue weighted by Gasteiger charge is -1.69. The first-order chi connectivity index (χ1) is 3.46. The maximum Gasteiger partial charge on any atom is 0.433 e. The summed E-state index contributed by atoms with van der Waals surface area (Å²) in [6.07, 6.45) is 0. The van der Waals surface area contributed by atoms with Gasteiger partial charge in [-0.3, -0.25) is 0 Å². The van der Waals surface area contributed by atoms with Gasteiger partial charge < -0.3 is 29.1 Å². The van der Waals surface area contributed by atoms with Gasteiger partial charge in [-0.15, -0.1) is 0 Å². The van der Waals surface area contributed by atoms with Crippen LogP contribution >= 0.6 is 0 Å². The van der Waals surface area contributed by atoms with Crippen LogP contribution in [0.15, 0.2) is 0 Å². The molecule has 0 atom stereocenters. The van der Waals surface area contributed by atoms with Crippen LogP contribution in [-0.2, 0) is 0 Å². The Balaban J connectivity index is -0.0000000300. The lowest BCUT2D eigenvalue weighted by Crippen LogP contribution is -2.30. The molecule has 10 heteroatoms. The van der Waals surface area contributed by atoms with Gasteiger partial charge in [-0.2, -0.15) is 0 Å². The predicted octanol–water partition coefficient (Wildman–Crippen LogP) is -5.55. The molecule has 0 saturated heterocycles. The van der Waals surface area contributed by atoms with Crippen molar-refractivity contribution in [2.75, 3.05) is 0 Å². The van der Waals surface area contributed by atoms with Crippen LogP contribution < -0.4 is 29.1 Å². The zero-order valence-electron chi connectivity index (χ0n) is 4.70. The number of rotatable bonds is 0. The standard InChI is InChI=1S/2BrHO3.2H3N/c2*2-1(3)4;;/h2*2H;2*1H3. The molecular weight excluding hydrogens is 284 g/mol. The fourth-order valence-electron chi connectivity index (χ4n) is 0. The van der Waals surface area contributed by atoms with Crippen molar-refractivity contribution < 1.29 is 54.8 Å². The Hall–Kier alpha value is 0.640. The average Bonchev–Trinajstić information content (AvgIpc) is 1.25. The van der Waals surface area contributed by atoms with E-state index in [4.69, 9.17) is 25.2 Å². The predicted molar refractivity (Wildman–Crippen MR) is 14.5 cm³/mol. The van der Waals surface area contributed by atoms with Gasteiger partial charge in [0.1, 0.15) is 0 Å². The van der Waals surface area contributed by atoms with Crippen molar-refractivity contribution in [2.24, 2.45) is 0 Å². The lowest BCUT2D eigenvalue weighted by atomic mass is 14.0. The minimum atomic E-state index is -3.40. The molecule has 68 valence electrons. The van der Waals surface area contributed by atoms with E-state index < -0.39 is 29.6 Å². The van der Waals surface area contributed by atoms with Crippen LogP contribution in [0.25, 0.3) is 0 Å². The maximum atomic E-state index is 8.63. The van der Waals surface area contributed by atoms with Gasteiger partial charge in [-0.1, -0.05) is 0 Å². The Morgan fingerprint density at radius 3 is 0.700 bits per heavy atom. The molecule has 0 aromatic heterocycles. The SMILES string of the molecule is N.N.[O-][Br+2]([O-])O.[O-][Br+2]([O-])O. The fourth-order valence-corrected chi connectivity index (χ4v) is 0. The van der Waals surface area contributed by atoms with E-state index in [2.05, 4.69) is 0 Å². The third-order valence-corrected chi connectivity index (χ3v) is 0. The molecule has 8 nitrogen and oxygen atoms in total. The van der Waals surface area contributed by atoms with Gasteiger partial charge in [0.2, 0.25) is 0 Å². The van der Waals surface area contributed by atoms with Gasteiger partial charge in [0.15, 0.2) is 0 Å². The molecule has 0 saturated carbocycles. The van der Waals surface area contributed by atoms with Crippen molar-refractivity contribution in [3.8, 4) is 0 Å². The minimum Gasteiger partial charge on any atom is -0.372 e. The lowest BCUT2D eigenvalue weighted by molar-refractivity contribution is -1.63. The van der Waals surface area contributed by atoms with E-state index in [1.807, 2.05) is 0 Å². The molecule has 0 rings (SSSR count). The first kappa shape index (κ1) is 22.4. The normalized spacial score (nSPS) is 7.20. The summed E-state index contributed by atoms with van der Waals surface area (Å²) in [7, 11) is 0. The number of hydrogen-bond acceptors (Lipinski definition) is 8. The summed E-state index contributed by atoms with van der Waals surface area (Å²) >= 11 is -6.79. The van der Waals surface area contributed by atoms with Gasteiger partial charge in [0.05, 0.1) is 0 Å².